The van der Waals surface area contributed by atoms with Crippen molar-refractivity contribution in [3.63, 3.8) is 0 Å². The minimum Gasteiger partial charge on any atom is -0.768 e. The van der Waals surface area contributed by atoms with Gasteiger partial charge >= 0.3 is 0 Å². The highest BCUT2D eigenvalue weighted by Crippen LogP contribution is 2.19. The fraction of sp³-hybridized carbons (Fsp3) is 0.385. The molecule has 110 valence electrons. The first-order valence-corrected chi connectivity index (χ1v) is 8.89. The van der Waals surface area contributed by atoms with Crippen LogP contribution in [-0.4, -0.2) is 36.1 Å². The molecule has 7 heteroatoms. The minimum absolute atomic E-state index is 0.0455. The highest BCUT2D eigenvalue weighted by Gasteiger charge is 2.17. The van der Waals surface area contributed by atoms with Crippen molar-refractivity contribution in [1.82, 2.24) is 0 Å². The van der Waals surface area contributed by atoms with Gasteiger partial charge < -0.3 is 9.29 Å². The third-order valence-electron chi connectivity index (χ3n) is 3.01. The van der Waals surface area contributed by atoms with Crippen molar-refractivity contribution < 1.29 is 21.9 Å². The minimum atomic E-state index is -3.44. The molecule has 0 saturated carbocycles. The van der Waals surface area contributed by atoms with Gasteiger partial charge in [0, 0.05) is 4.90 Å². The molecule has 1 heterocycles. The Hall–Kier alpha value is -1.02. The van der Waals surface area contributed by atoms with E-state index in [2.05, 4.69) is 0 Å². The van der Waals surface area contributed by atoms with Crippen LogP contribution in [0, 0.1) is 0 Å². The molecule has 0 radical (unpaired) electrons. The van der Waals surface area contributed by atoms with Crippen LogP contribution >= 0.6 is 0 Å². The van der Waals surface area contributed by atoms with Crippen LogP contribution in [0.4, 0.5) is 0 Å². The third-order valence-corrected chi connectivity index (χ3v) is 5.41. The summed E-state index contributed by atoms with van der Waals surface area (Å²) < 4.78 is 51.3. The Kier molecular flexibility index (Phi) is 5.09. The summed E-state index contributed by atoms with van der Waals surface area (Å²) in [6.07, 6.45) is 3.24. The van der Waals surface area contributed by atoms with Crippen LogP contribution in [0.5, 0.6) is 0 Å². The van der Waals surface area contributed by atoms with Crippen molar-refractivity contribution in [3.05, 3.63) is 35.9 Å². The highest BCUT2D eigenvalue weighted by atomic mass is 32.2. The first-order chi connectivity index (χ1) is 9.49. The normalized spacial score (nSPS) is 18.1. The molecule has 0 N–H and O–H groups in total. The molecule has 1 aromatic rings. The van der Waals surface area contributed by atoms with E-state index in [9.17, 15) is 17.2 Å². The van der Waals surface area contributed by atoms with Crippen LogP contribution in [0.15, 0.2) is 45.7 Å². The zero-order valence-corrected chi connectivity index (χ0v) is 12.4. The van der Waals surface area contributed by atoms with E-state index in [0.717, 1.165) is 12.0 Å². The summed E-state index contributed by atoms with van der Waals surface area (Å²) in [7, 11) is -3.44. The second kappa shape index (κ2) is 6.62. The van der Waals surface area contributed by atoms with E-state index in [4.69, 9.17) is 4.74 Å². The summed E-state index contributed by atoms with van der Waals surface area (Å²) in [4.78, 5) is 0.212. The van der Waals surface area contributed by atoms with E-state index in [1.165, 1.54) is 24.3 Å². The van der Waals surface area contributed by atoms with E-state index in [1.54, 1.807) is 0 Å². The molecule has 1 aromatic carbocycles. The predicted molar refractivity (Wildman–Crippen MR) is 73.8 cm³/mol. The molecule has 1 aliphatic heterocycles. The smallest absolute Gasteiger partial charge is 0.182 e. The van der Waals surface area contributed by atoms with Crippen molar-refractivity contribution >= 4 is 20.9 Å². The van der Waals surface area contributed by atoms with Crippen LogP contribution in [-0.2, 0) is 25.7 Å². The lowest BCUT2D eigenvalue weighted by molar-refractivity contribution is 0.147. The van der Waals surface area contributed by atoms with Crippen molar-refractivity contribution in [2.24, 2.45) is 0 Å². The molecule has 1 aliphatic rings. The van der Waals surface area contributed by atoms with Gasteiger partial charge in [-0.15, -0.1) is 0 Å². The Labute approximate surface area is 120 Å². The van der Waals surface area contributed by atoms with Gasteiger partial charge in [-0.25, -0.2) is 8.42 Å². The van der Waals surface area contributed by atoms with Gasteiger partial charge in [0.05, 0.1) is 23.9 Å². The Bertz CT molecular complexity index is 617. The maximum atomic E-state index is 12.3. The molecule has 0 bridgehead atoms. The first kappa shape index (κ1) is 15.4. The summed E-state index contributed by atoms with van der Waals surface area (Å²) in [6, 6.07) is 5.24. The van der Waals surface area contributed by atoms with Crippen LogP contribution < -0.4 is 0 Å². The molecular formula is C13H15O5S2-. The largest absolute Gasteiger partial charge is 0.768 e. The molecule has 1 atom stereocenters. The van der Waals surface area contributed by atoms with Gasteiger partial charge in [-0.3, -0.25) is 4.21 Å². The van der Waals surface area contributed by atoms with Gasteiger partial charge in [-0.2, -0.15) is 0 Å². The SMILES string of the molecule is O=S([O-])c1ccc(S(=O)(=O)CC2=CCCOCC2)cc1. The fourth-order valence-corrected chi connectivity index (χ4v) is 3.80. The predicted octanol–water partition coefficient (Wildman–Crippen LogP) is 1.44. The van der Waals surface area contributed by atoms with Crippen LogP contribution in [0.1, 0.15) is 12.8 Å². The Morgan fingerprint density at radius 3 is 2.55 bits per heavy atom. The van der Waals surface area contributed by atoms with E-state index in [-0.39, 0.29) is 15.5 Å². The van der Waals surface area contributed by atoms with Gasteiger partial charge in [0.25, 0.3) is 0 Å². The Morgan fingerprint density at radius 1 is 1.20 bits per heavy atom. The summed E-state index contributed by atoms with van der Waals surface area (Å²) in [5.41, 5.74) is 0.846. The lowest BCUT2D eigenvalue weighted by Gasteiger charge is -2.09. The number of sulfone groups is 1. The molecule has 1 unspecified atom stereocenters. The Balaban J connectivity index is 2.17. The molecule has 0 saturated heterocycles. The molecular weight excluding hydrogens is 300 g/mol. The monoisotopic (exact) mass is 315 g/mol. The zero-order valence-electron chi connectivity index (χ0n) is 10.8. The van der Waals surface area contributed by atoms with Gasteiger partial charge in [0.2, 0.25) is 0 Å². The lowest BCUT2D eigenvalue weighted by Crippen LogP contribution is -2.10. The molecule has 5 nitrogen and oxygen atoms in total. The second-order valence-electron chi connectivity index (χ2n) is 4.48. The molecule has 2 rings (SSSR count). The van der Waals surface area contributed by atoms with Crippen molar-refractivity contribution in [1.29, 1.82) is 0 Å². The maximum Gasteiger partial charge on any atom is 0.182 e. The zero-order chi connectivity index (χ0) is 14.6. The molecule has 0 amide bonds. The quantitative estimate of drug-likeness (QED) is 0.620. The summed E-state index contributed by atoms with van der Waals surface area (Å²) in [5, 5.41) is 0. The lowest BCUT2D eigenvalue weighted by atomic mass is 10.2. The number of hydrogen-bond donors (Lipinski definition) is 0. The molecule has 0 aromatic heterocycles. The standard InChI is InChI=1S/C13H16O5S2/c14-19(15)12-3-5-13(6-4-12)20(16,17)10-11-2-1-8-18-9-7-11/h2-6H,1,7-10H2,(H,14,15)/p-1. The van der Waals surface area contributed by atoms with Gasteiger partial charge in [0.15, 0.2) is 9.84 Å². The summed E-state index contributed by atoms with van der Waals surface area (Å²) in [6.45, 7) is 1.16. The molecule has 0 aliphatic carbocycles. The second-order valence-corrected chi connectivity index (χ2v) is 7.41. The fourth-order valence-electron chi connectivity index (χ4n) is 1.97. The van der Waals surface area contributed by atoms with E-state index < -0.39 is 20.9 Å². The third kappa shape index (κ3) is 3.99. The van der Waals surface area contributed by atoms with Crippen LogP contribution in [0.3, 0.4) is 0 Å². The van der Waals surface area contributed by atoms with Crippen molar-refractivity contribution in [2.75, 3.05) is 19.0 Å². The molecule has 20 heavy (non-hydrogen) atoms. The van der Waals surface area contributed by atoms with Gasteiger partial charge in [-0.05, 0) is 48.2 Å². The average Bonchev–Trinajstić information content (AvgIpc) is 2.67. The Morgan fingerprint density at radius 2 is 1.90 bits per heavy atom. The van der Waals surface area contributed by atoms with Crippen LogP contribution in [0.25, 0.3) is 0 Å². The van der Waals surface area contributed by atoms with Gasteiger partial charge in [-0.1, -0.05) is 11.6 Å². The average molecular weight is 315 g/mol. The van der Waals surface area contributed by atoms with E-state index >= 15 is 0 Å². The summed E-state index contributed by atoms with van der Waals surface area (Å²) in [5.74, 6) is -0.0455. The topological polar surface area (TPSA) is 83.5 Å². The molecule has 0 spiro atoms. The van der Waals surface area contributed by atoms with E-state index in [0.29, 0.717) is 19.6 Å². The number of hydrogen-bond acceptors (Lipinski definition) is 5. The number of rotatable bonds is 4. The molecule has 0 fully saturated rings. The van der Waals surface area contributed by atoms with Crippen molar-refractivity contribution in [3.8, 4) is 0 Å². The van der Waals surface area contributed by atoms with E-state index in [1.807, 2.05) is 6.08 Å². The first-order valence-electron chi connectivity index (χ1n) is 6.17. The summed E-state index contributed by atoms with van der Waals surface area (Å²) >= 11 is -2.35. The number of ether oxygens (including phenoxy) is 1. The maximum absolute atomic E-state index is 12.3. The van der Waals surface area contributed by atoms with Crippen molar-refractivity contribution in [2.45, 2.75) is 22.6 Å². The number of benzene rings is 1. The van der Waals surface area contributed by atoms with Gasteiger partial charge in [0.1, 0.15) is 0 Å². The highest BCUT2D eigenvalue weighted by molar-refractivity contribution is 7.91. The van der Waals surface area contributed by atoms with Crippen LogP contribution in [0.2, 0.25) is 0 Å².